The van der Waals surface area contributed by atoms with Crippen LogP contribution in [0.15, 0.2) is 59.8 Å². The SMILES string of the molecule is CC(C=CC(=O)O)C(C1=CC=CCC1=S)C1=CC=CCC1=S. The van der Waals surface area contributed by atoms with Gasteiger partial charge in [0.1, 0.15) is 0 Å². The molecular formula is C18H18O2S2. The maximum Gasteiger partial charge on any atom is 0.327 e. The van der Waals surface area contributed by atoms with E-state index in [9.17, 15) is 4.79 Å². The lowest BCUT2D eigenvalue weighted by molar-refractivity contribution is -0.131. The second kappa shape index (κ2) is 7.56. The number of carboxylic acid groups (broad SMARTS) is 1. The maximum atomic E-state index is 10.8. The van der Waals surface area contributed by atoms with E-state index < -0.39 is 5.97 Å². The Bertz CT molecular complexity index is 606. The van der Waals surface area contributed by atoms with Crippen molar-refractivity contribution in [1.82, 2.24) is 0 Å². The monoisotopic (exact) mass is 330 g/mol. The highest BCUT2D eigenvalue weighted by molar-refractivity contribution is 7.81. The summed E-state index contributed by atoms with van der Waals surface area (Å²) in [6.07, 6.45) is 16.6. The van der Waals surface area contributed by atoms with Gasteiger partial charge in [0.15, 0.2) is 0 Å². The van der Waals surface area contributed by atoms with E-state index in [-0.39, 0.29) is 11.8 Å². The number of aliphatic carboxylic acids is 1. The second-order valence-corrected chi connectivity index (χ2v) is 6.37. The van der Waals surface area contributed by atoms with Crippen molar-refractivity contribution in [3.8, 4) is 0 Å². The Balaban J connectivity index is 2.42. The summed E-state index contributed by atoms with van der Waals surface area (Å²) in [4.78, 5) is 12.6. The van der Waals surface area contributed by atoms with E-state index in [1.54, 1.807) is 6.08 Å². The van der Waals surface area contributed by atoms with E-state index >= 15 is 0 Å². The van der Waals surface area contributed by atoms with Crippen molar-refractivity contribution in [1.29, 1.82) is 0 Å². The third kappa shape index (κ3) is 3.96. The van der Waals surface area contributed by atoms with Crippen molar-refractivity contribution < 1.29 is 9.90 Å². The molecular weight excluding hydrogens is 312 g/mol. The first-order valence-electron chi connectivity index (χ1n) is 7.21. The van der Waals surface area contributed by atoms with E-state index in [1.165, 1.54) is 6.08 Å². The standard InChI is InChI=1S/C18H18O2S2/c1-12(10-11-17(19)20)18(13-6-2-4-8-15(13)21)14-7-3-5-9-16(14)22/h2-7,10-12,18H,8-9H2,1H3,(H,19,20). The fourth-order valence-corrected chi connectivity index (χ4v) is 3.33. The third-order valence-electron chi connectivity index (χ3n) is 3.81. The number of carbonyl (C=O) groups is 1. The van der Waals surface area contributed by atoms with Crippen LogP contribution in [0, 0.1) is 11.8 Å². The lowest BCUT2D eigenvalue weighted by Crippen LogP contribution is -2.25. The molecule has 0 heterocycles. The Morgan fingerprint density at radius 1 is 1.14 bits per heavy atom. The summed E-state index contributed by atoms with van der Waals surface area (Å²) < 4.78 is 0. The average Bonchev–Trinajstić information content (AvgIpc) is 2.49. The summed E-state index contributed by atoms with van der Waals surface area (Å²) in [5.74, 6) is -0.932. The highest BCUT2D eigenvalue weighted by atomic mass is 32.1. The number of hydrogen-bond acceptors (Lipinski definition) is 3. The van der Waals surface area contributed by atoms with Crippen LogP contribution in [0.25, 0.3) is 0 Å². The molecule has 0 aliphatic heterocycles. The van der Waals surface area contributed by atoms with Crippen LogP contribution in [-0.2, 0) is 4.79 Å². The molecule has 0 spiro atoms. The molecule has 1 unspecified atom stereocenters. The van der Waals surface area contributed by atoms with Crippen molar-refractivity contribution in [2.75, 3.05) is 0 Å². The van der Waals surface area contributed by atoms with Crippen LogP contribution in [-0.4, -0.2) is 20.8 Å². The Morgan fingerprint density at radius 3 is 2.05 bits per heavy atom. The van der Waals surface area contributed by atoms with Gasteiger partial charge in [0.25, 0.3) is 0 Å². The van der Waals surface area contributed by atoms with Crippen molar-refractivity contribution in [3.63, 3.8) is 0 Å². The van der Waals surface area contributed by atoms with Crippen LogP contribution < -0.4 is 0 Å². The first-order chi connectivity index (χ1) is 10.5. The molecule has 2 rings (SSSR count). The third-order valence-corrected chi connectivity index (χ3v) is 4.62. The van der Waals surface area contributed by atoms with E-state index in [0.717, 1.165) is 33.7 Å². The Kier molecular flexibility index (Phi) is 5.75. The van der Waals surface area contributed by atoms with Gasteiger partial charge in [-0.2, -0.15) is 0 Å². The van der Waals surface area contributed by atoms with Gasteiger partial charge in [-0.15, -0.1) is 0 Å². The summed E-state index contributed by atoms with van der Waals surface area (Å²) in [6, 6.07) is 0. The first kappa shape index (κ1) is 16.7. The molecule has 4 heteroatoms. The van der Waals surface area contributed by atoms with Gasteiger partial charge in [-0.05, 0) is 17.1 Å². The summed E-state index contributed by atoms with van der Waals surface area (Å²) in [6.45, 7) is 2.01. The normalized spacial score (nSPS) is 19.5. The van der Waals surface area contributed by atoms with Crippen LogP contribution >= 0.6 is 24.4 Å². The van der Waals surface area contributed by atoms with Crippen LogP contribution in [0.3, 0.4) is 0 Å². The second-order valence-electron chi connectivity index (χ2n) is 5.39. The largest absolute Gasteiger partial charge is 0.478 e. The van der Waals surface area contributed by atoms with Gasteiger partial charge in [0.2, 0.25) is 0 Å². The minimum Gasteiger partial charge on any atom is -0.478 e. The van der Waals surface area contributed by atoms with Gasteiger partial charge in [-0.3, -0.25) is 0 Å². The molecule has 0 aromatic carbocycles. The zero-order valence-corrected chi connectivity index (χ0v) is 14.0. The molecule has 1 atom stereocenters. The number of thiocarbonyl (C=S) groups is 2. The number of carboxylic acids is 1. The maximum absolute atomic E-state index is 10.8. The highest BCUT2D eigenvalue weighted by Gasteiger charge is 2.28. The summed E-state index contributed by atoms with van der Waals surface area (Å²) in [5.41, 5.74) is 2.15. The topological polar surface area (TPSA) is 37.3 Å². The van der Waals surface area contributed by atoms with Gasteiger partial charge in [0.05, 0.1) is 0 Å². The molecule has 0 amide bonds. The molecule has 0 aromatic heterocycles. The minimum absolute atomic E-state index is 0.00231. The zero-order chi connectivity index (χ0) is 16.1. The van der Waals surface area contributed by atoms with Gasteiger partial charge >= 0.3 is 5.97 Å². The predicted molar refractivity (Wildman–Crippen MR) is 98.3 cm³/mol. The fourth-order valence-electron chi connectivity index (χ4n) is 2.75. The summed E-state index contributed by atoms with van der Waals surface area (Å²) >= 11 is 11.0. The quantitative estimate of drug-likeness (QED) is 0.599. The van der Waals surface area contributed by atoms with E-state index in [0.29, 0.717) is 0 Å². The smallest absolute Gasteiger partial charge is 0.327 e. The van der Waals surface area contributed by atoms with Crippen molar-refractivity contribution in [3.05, 3.63) is 59.8 Å². The Morgan fingerprint density at radius 2 is 1.64 bits per heavy atom. The van der Waals surface area contributed by atoms with Gasteiger partial charge < -0.3 is 5.11 Å². The van der Waals surface area contributed by atoms with Crippen molar-refractivity contribution in [2.24, 2.45) is 11.8 Å². The molecule has 1 N–H and O–H groups in total. The van der Waals surface area contributed by atoms with Crippen LogP contribution in [0.1, 0.15) is 19.8 Å². The molecule has 0 saturated heterocycles. The molecule has 114 valence electrons. The minimum atomic E-state index is -0.939. The van der Waals surface area contributed by atoms with Gasteiger partial charge in [0, 0.05) is 34.6 Å². The molecule has 0 saturated carbocycles. The number of hydrogen-bond donors (Lipinski definition) is 1. The molecule has 0 fully saturated rings. The predicted octanol–water partition coefficient (Wildman–Crippen LogP) is 4.39. The summed E-state index contributed by atoms with van der Waals surface area (Å²) in [7, 11) is 0. The Hall–Kier alpha value is -1.65. The molecule has 22 heavy (non-hydrogen) atoms. The molecule has 2 nitrogen and oxygen atoms in total. The van der Waals surface area contributed by atoms with Crippen molar-refractivity contribution >= 4 is 40.1 Å². The van der Waals surface area contributed by atoms with E-state index in [2.05, 4.69) is 0 Å². The highest BCUT2D eigenvalue weighted by Crippen LogP contribution is 2.35. The fraction of sp³-hybridized carbons (Fsp3) is 0.278. The lowest BCUT2D eigenvalue weighted by Gasteiger charge is -2.30. The van der Waals surface area contributed by atoms with Crippen LogP contribution in [0.5, 0.6) is 0 Å². The molecule has 0 aromatic rings. The Labute approximate surface area is 141 Å². The first-order valence-corrected chi connectivity index (χ1v) is 8.03. The molecule has 0 radical (unpaired) electrons. The van der Waals surface area contributed by atoms with Crippen LogP contribution in [0.4, 0.5) is 0 Å². The summed E-state index contributed by atoms with van der Waals surface area (Å²) in [5, 5.41) is 8.88. The lowest BCUT2D eigenvalue weighted by atomic mass is 9.75. The molecule has 2 aliphatic carbocycles. The van der Waals surface area contributed by atoms with E-state index in [1.807, 2.05) is 43.4 Å². The van der Waals surface area contributed by atoms with Gasteiger partial charge in [-0.25, -0.2) is 4.79 Å². The van der Waals surface area contributed by atoms with Crippen LogP contribution in [0.2, 0.25) is 0 Å². The zero-order valence-electron chi connectivity index (χ0n) is 12.4. The average molecular weight is 330 g/mol. The molecule has 2 aliphatic rings. The van der Waals surface area contributed by atoms with Gasteiger partial charge in [-0.1, -0.05) is 73.9 Å². The van der Waals surface area contributed by atoms with E-state index in [4.69, 9.17) is 29.5 Å². The number of allylic oxidation sites excluding steroid dienone is 9. The van der Waals surface area contributed by atoms with Crippen molar-refractivity contribution in [2.45, 2.75) is 19.8 Å². The molecule has 0 bridgehead atoms. The number of rotatable bonds is 5.